The lowest BCUT2D eigenvalue weighted by molar-refractivity contribution is 0.661. The van der Waals surface area contributed by atoms with E-state index in [-0.39, 0.29) is 5.41 Å². The molecule has 7 rings (SSSR count). The Bertz CT molecular complexity index is 1760. The van der Waals surface area contributed by atoms with Crippen LogP contribution in [0.15, 0.2) is 109 Å². The number of nitrogens with zero attached hydrogens (tertiary/aromatic N) is 2. The Labute approximate surface area is 204 Å². The van der Waals surface area contributed by atoms with Crippen LogP contribution in [0.2, 0.25) is 0 Å². The van der Waals surface area contributed by atoms with Crippen LogP contribution < -0.4 is 0 Å². The van der Waals surface area contributed by atoms with Crippen LogP contribution in [-0.2, 0) is 5.41 Å². The maximum absolute atomic E-state index is 5.20. The van der Waals surface area contributed by atoms with Gasteiger partial charge in [-0.2, -0.15) is 0 Å². The molecule has 5 aromatic carbocycles. The summed E-state index contributed by atoms with van der Waals surface area (Å²) in [6, 6.07) is 38.6. The van der Waals surface area contributed by atoms with E-state index in [1.54, 1.807) is 0 Å². The number of aromatic nitrogens is 2. The summed E-state index contributed by atoms with van der Waals surface area (Å²) in [6.07, 6.45) is 0. The van der Waals surface area contributed by atoms with Crippen molar-refractivity contribution in [2.75, 3.05) is 0 Å². The summed E-state index contributed by atoms with van der Waals surface area (Å²) in [6.45, 7) is 4.65. The molecule has 0 saturated heterocycles. The SMILES string of the molecule is CC1(C)c2ccccc2-c2c1ccc1cccc(-c3nc(-c4ccccc4)c4ccccc4n3)c21. The number of benzene rings is 5. The van der Waals surface area contributed by atoms with Gasteiger partial charge in [-0.15, -0.1) is 0 Å². The van der Waals surface area contributed by atoms with Gasteiger partial charge in [0.25, 0.3) is 0 Å². The number of rotatable bonds is 2. The van der Waals surface area contributed by atoms with E-state index in [4.69, 9.17) is 9.97 Å². The smallest absolute Gasteiger partial charge is 0.161 e. The Balaban J connectivity index is 1.59. The van der Waals surface area contributed by atoms with Gasteiger partial charge >= 0.3 is 0 Å². The zero-order valence-corrected chi connectivity index (χ0v) is 19.8. The molecule has 1 aromatic heterocycles. The van der Waals surface area contributed by atoms with Crippen LogP contribution in [0.1, 0.15) is 25.0 Å². The quantitative estimate of drug-likeness (QED) is 0.266. The van der Waals surface area contributed by atoms with Crippen LogP contribution in [0, 0.1) is 0 Å². The van der Waals surface area contributed by atoms with Crippen molar-refractivity contribution in [3.63, 3.8) is 0 Å². The topological polar surface area (TPSA) is 25.8 Å². The highest BCUT2D eigenvalue weighted by molar-refractivity contribution is 6.09. The highest BCUT2D eigenvalue weighted by Gasteiger charge is 2.36. The van der Waals surface area contributed by atoms with Crippen molar-refractivity contribution >= 4 is 21.7 Å². The van der Waals surface area contributed by atoms with Crippen molar-refractivity contribution < 1.29 is 0 Å². The molecule has 0 spiro atoms. The predicted molar refractivity (Wildman–Crippen MR) is 145 cm³/mol. The molecule has 0 unspecified atom stereocenters. The minimum absolute atomic E-state index is 0.0489. The first kappa shape index (κ1) is 20.1. The largest absolute Gasteiger partial charge is 0.228 e. The number of hydrogen-bond donors (Lipinski definition) is 0. The lowest BCUT2D eigenvalue weighted by Crippen LogP contribution is -2.14. The van der Waals surface area contributed by atoms with Crippen molar-refractivity contribution in [3.8, 4) is 33.8 Å². The van der Waals surface area contributed by atoms with E-state index in [1.165, 1.54) is 33.0 Å². The summed E-state index contributed by atoms with van der Waals surface area (Å²) in [4.78, 5) is 10.3. The summed E-state index contributed by atoms with van der Waals surface area (Å²) in [5, 5.41) is 3.52. The van der Waals surface area contributed by atoms with Gasteiger partial charge in [-0.25, -0.2) is 9.97 Å². The van der Waals surface area contributed by atoms with E-state index in [0.717, 1.165) is 33.5 Å². The molecule has 1 aliphatic rings. The van der Waals surface area contributed by atoms with Crippen molar-refractivity contribution in [2.24, 2.45) is 0 Å². The molecule has 35 heavy (non-hydrogen) atoms. The van der Waals surface area contributed by atoms with Crippen molar-refractivity contribution in [2.45, 2.75) is 19.3 Å². The predicted octanol–water partition coefficient (Wildman–Crippen LogP) is 8.42. The van der Waals surface area contributed by atoms with Crippen molar-refractivity contribution in [1.29, 1.82) is 0 Å². The summed E-state index contributed by atoms with van der Waals surface area (Å²) in [5.74, 6) is 0.767. The summed E-state index contributed by atoms with van der Waals surface area (Å²) in [7, 11) is 0. The van der Waals surface area contributed by atoms with E-state index in [1.807, 2.05) is 12.1 Å². The third kappa shape index (κ3) is 2.90. The lowest BCUT2D eigenvalue weighted by atomic mass is 9.82. The molecule has 0 amide bonds. The molecule has 1 heterocycles. The molecule has 0 fully saturated rings. The van der Waals surface area contributed by atoms with E-state index >= 15 is 0 Å². The first-order valence-corrected chi connectivity index (χ1v) is 12.1. The van der Waals surface area contributed by atoms with Gasteiger partial charge in [-0.05, 0) is 33.7 Å². The molecule has 0 radical (unpaired) electrons. The Kier molecular flexibility index (Phi) is 4.22. The molecule has 0 aliphatic heterocycles. The molecule has 2 nitrogen and oxygen atoms in total. The first-order chi connectivity index (χ1) is 17.1. The van der Waals surface area contributed by atoms with Gasteiger partial charge in [0.1, 0.15) is 0 Å². The first-order valence-electron chi connectivity index (χ1n) is 12.1. The summed E-state index contributed by atoms with van der Waals surface area (Å²) < 4.78 is 0. The maximum Gasteiger partial charge on any atom is 0.161 e. The van der Waals surface area contributed by atoms with Gasteiger partial charge < -0.3 is 0 Å². The number of fused-ring (bicyclic) bond motifs is 6. The second-order valence-electron chi connectivity index (χ2n) is 9.84. The van der Waals surface area contributed by atoms with Crippen molar-refractivity contribution in [3.05, 3.63) is 120 Å². The van der Waals surface area contributed by atoms with Crippen LogP contribution >= 0.6 is 0 Å². The number of hydrogen-bond acceptors (Lipinski definition) is 2. The fourth-order valence-electron chi connectivity index (χ4n) is 5.77. The molecule has 0 N–H and O–H groups in total. The van der Waals surface area contributed by atoms with Crippen LogP contribution in [0.3, 0.4) is 0 Å². The Morgan fingerprint density at radius 3 is 2.20 bits per heavy atom. The van der Waals surface area contributed by atoms with Gasteiger partial charge in [-0.3, -0.25) is 0 Å². The van der Waals surface area contributed by atoms with E-state index in [2.05, 4.69) is 111 Å². The third-order valence-electron chi connectivity index (χ3n) is 7.48. The minimum Gasteiger partial charge on any atom is -0.228 e. The third-order valence-corrected chi connectivity index (χ3v) is 7.48. The summed E-state index contributed by atoms with van der Waals surface area (Å²) in [5.41, 5.74) is 9.43. The standard InChI is InChI=1S/C33H24N2/c1-33(2)26-17-8-6-14-23(26)30-27(33)20-19-21-13-10-16-25(29(21)30)32-34-28-18-9-7-15-24(28)31(35-32)22-11-4-3-5-12-22/h3-20H,1-2H3. The fraction of sp³-hybridized carbons (Fsp3) is 0.0909. The van der Waals surface area contributed by atoms with Gasteiger partial charge in [-0.1, -0.05) is 117 Å². The lowest BCUT2D eigenvalue weighted by Gasteiger charge is -2.21. The van der Waals surface area contributed by atoms with Crippen LogP contribution in [0.25, 0.3) is 55.4 Å². The molecule has 2 heteroatoms. The monoisotopic (exact) mass is 448 g/mol. The molecule has 0 bridgehead atoms. The molecule has 6 aromatic rings. The maximum atomic E-state index is 5.20. The van der Waals surface area contributed by atoms with E-state index < -0.39 is 0 Å². The highest BCUT2D eigenvalue weighted by Crippen LogP contribution is 2.52. The van der Waals surface area contributed by atoms with Gasteiger partial charge in [0.05, 0.1) is 11.2 Å². The minimum atomic E-state index is -0.0489. The van der Waals surface area contributed by atoms with E-state index in [0.29, 0.717) is 0 Å². The second kappa shape index (κ2) is 7.35. The van der Waals surface area contributed by atoms with Gasteiger partial charge in [0.2, 0.25) is 0 Å². The zero-order chi connectivity index (χ0) is 23.6. The number of para-hydroxylation sites is 1. The molecule has 0 atom stereocenters. The normalized spacial score (nSPS) is 13.7. The van der Waals surface area contributed by atoms with Gasteiger partial charge in [0, 0.05) is 27.3 Å². The average molecular weight is 449 g/mol. The molecular weight excluding hydrogens is 424 g/mol. The van der Waals surface area contributed by atoms with Gasteiger partial charge in [0.15, 0.2) is 5.82 Å². The Morgan fingerprint density at radius 1 is 0.571 bits per heavy atom. The average Bonchev–Trinajstić information content (AvgIpc) is 3.15. The fourth-order valence-corrected chi connectivity index (χ4v) is 5.77. The van der Waals surface area contributed by atoms with Crippen LogP contribution in [0.4, 0.5) is 0 Å². The Hall–Kier alpha value is -4.30. The zero-order valence-electron chi connectivity index (χ0n) is 19.8. The van der Waals surface area contributed by atoms with Crippen molar-refractivity contribution in [1.82, 2.24) is 9.97 Å². The summed E-state index contributed by atoms with van der Waals surface area (Å²) >= 11 is 0. The van der Waals surface area contributed by atoms with E-state index in [9.17, 15) is 0 Å². The molecular formula is C33H24N2. The van der Waals surface area contributed by atoms with Crippen LogP contribution in [-0.4, -0.2) is 9.97 Å². The Morgan fingerprint density at radius 2 is 1.31 bits per heavy atom. The second-order valence-corrected chi connectivity index (χ2v) is 9.84. The molecule has 166 valence electrons. The molecule has 1 aliphatic carbocycles. The molecule has 0 saturated carbocycles. The van der Waals surface area contributed by atoms with Crippen LogP contribution in [0.5, 0.6) is 0 Å². The highest BCUT2D eigenvalue weighted by atomic mass is 14.9.